The maximum Gasteiger partial charge on any atom is 0.276 e. The number of para-hydroxylation sites is 1. The molecule has 1 heterocycles. The molecule has 1 N–H and O–H groups in total. The Morgan fingerprint density at radius 2 is 1.83 bits per heavy atom. The number of anilines is 1. The summed E-state index contributed by atoms with van der Waals surface area (Å²) in [6, 6.07) is 18.4. The average molecular weight is 339 g/mol. The van der Waals surface area contributed by atoms with E-state index in [1.54, 1.807) is 41.3 Å². The van der Waals surface area contributed by atoms with Crippen molar-refractivity contribution in [3.63, 3.8) is 0 Å². The van der Waals surface area contributed by atoms with E-state index in [0.29, 0.717) is 16.3 Å². The van der Waals surface area contributed by atoms with Crippen molar-refractivity contribution < 1.29 is 9.00 Å². The second-order valence-corrected chi connectivity index (χ2v) is 6.73. The van der Waals surface area contributed by atoms with Gasteiger partial charge in [0.15, 0.2) is 5.69 Å². The average Bonchev–Trinajstić information content (AvgIpc) is 2.98. The summed E-state index contributed by atoms with van der Waals surface area (Å²) in [7, 11) is -1.09. The first-order valence-electron chi connectivity index (χ1n) is 7.41. The quantitative estimate of drug-likeness (QED) is 0.794. The highest BCUT2D eigenvalue weighted by Crippen LogP contribution is 2.16. The second-order valence-electron chi connectivity index (χ2n) is 5.35. The van der Waals surface area contributed by atoms with Crippen LogP contribution in [0.2, 0.25) is 0 Å². The molecule has 5 nitrogen and oxygen atoms in total. The summed E-state index contributed by atoms with van der Waals surface area (Å²) >= 11 is 0. The highest BCUT2D eigenvalue weighted by molar-refractivity contribution is 7.84. The Bertz CT molecular complexity index is 904. The zero-order valence-electron chi connectivity index (χ0n) is 13.4. The maximum atomic E-state index is 12.4. The van der Waals surface area contributed by atoms with E-state index in [4.69, 9.17) is 0 Å². The number of amides is 1. The van der Waals surface area contributed by atoms with E-state index in [9.17, 15) is 9.00 Å². The molecule has 122 valence electrons. The molecule has 0 aliphatic heterocycles. The lowest BCUT2D eigenvalue weighted by molar-refractivity contribution is 0.102. The summed E-state index contributed by atoms with van der Waals surface area (Å²) in [6.45, 7) is 1.90. The molecule has 0 saturated carbocycles. The molecule has 1 atom stereocenters. The van der Waals surface area contributed by atoms with Crippen LogP contribution in [-0.4, -0.2) is 26.2 Å². The highest BCUT2D eigenvalue weighted by Gasteiger charge is 2.14. The number of aromatic nitrogens is 2. The molecule has 1 aromatic heterocycles. The van der Waals surface area contributed by atoms with Gasteiger partial charge in [0.2, 0.25) is 0 Å². The van der Waals surface area contributed by atoms with Crippen molar-refractivity contribution in [3.05, 3.63) is 72.1 Å². The lowest BCUT2D eigenvalue weighted by Gasteiger charge is -2.05. The Balaban J connectivity index is 1.84. The fourth-order valence-corrected chi connectivity index (χ4v) is 2.93. The van der Waals surface area contributed by atoms with Gasteiger partial charge in [-0.15, -0.1) is 0 Å². The Labute approximate surface area is 142 Å². The monoisotopic (exact) mass is 339 g/mol. The van der Waals surface area contributed by atoms with Crippen LogP contribution < -0.4 is 5.32 Å². The predicted molar refractivity (Wildman–Crippen MR) is 95.0 cm³/mol. The molecule has 0 bridgehead atoms. The molecule has 6 heteroatoms. The molecule has 3 rings (SSSR count). The van der Waals surface area contributed by atoms with Gasteiger partial charge in [0.05, 0.1) is 5.69 Å². The summed E-state index contributed by atoms with van der Waals surface area (Å²) in [6.07, 6.45) is 1.60. The standard InChI is InChI=1S/C18H17N3O2S/c1-13-11-17(20-21(13)15-8-4-3-5-9-15)18(22)19-14-7-6-10-16(12-14)24(2)23/h3-12H,1-2H3,(H,19,22)/t24-/m1/s1. The Hall–Kier alpha value is -2.73. The van der Waals surface area contributed by atoms with E-state index < -0.39 is 10.8 Å². The topological polar surface area (TPSA) is 64.0 Å². The molecule has 2 aromatic carbocycles. The Morgan fingerprint density at radius 1 is 1.08 bits per heavy atom. The fraction of sp³-hybridized carbons (Fsp3) is 0.111. The summed E-state index contributed by atoms with van der Waals surface area (Å²) in [5.74, 6) is -0.299. The third-order valence-corrected chi connectivity index (χ3v) is 4.46. The van der Waals surface area contributed by atoms with E-state index in [0.717, 1.165) is 11.4 Å². The van der Waals surface area contributed by atoms with Gasteiger partial charge in [-0.05, 0) is 43.3 Å². The molecular formula is C18H17N3O2S. The Morgan fingerprint density at radius 3 is 2.54 bits per heavy atom. The van der Waals surface area contributed by atoms with Crippen LogP contribution in [0.15, 0.2) is 65.6 Å². The molecule has 0 radical (unpaired) electrons. The first kappa shape index (κ1) is 16.1. The van der Waals surface area contributed by atoms with Crippen molar-refractivity contribution in [2.24, 2.45) is 0 Å². The minimum atomic E-state index is -1.09. The molecule has 24 heavy (non-hydrogen) atoms. The SMILES string of the molecule is Cc1cc(C(=O)Nc2cccc([S@@](C)=O)c2)nn1-c1ccccc1. The third kappa shape index (κ3) is 3.44. The molecule has 0 saturated heterocycles. The number of aryl methyl sites for hydroxylation is 1. The van der Waals surface area contributed by atoms with Gasteiger partial charge < -0.3 is 5.32 Å². The van der Waals surface area contributed by atoms with E-state index in [1.165, 1.54) is 0 Å². The number of nitrogens with one attached hydrogen (secondary N) is 1. The lowest BCUT2D eigenvalue weighted by atomic mass is 10.3. The number of benzene rings is 2. The van der Waals surface area contributed by atoms with Gasteiger partial charge in [0.25, 0.3) is 5.91 Å². The van der Waals surface area contributed by atoms with Gasteiger partial charge in [-0.1, -0.05) is 24.3 Å². The minimum absolute atomic E-state index is 0.299. The second kappa shape index (κ2) is 6.80. The van der Waals surface area contributed by atoms with Crippen molar-refractivity contribution >= 4 is 22.4 Å². The van der Waals surface area contributed by atoms with E-state index in [2.05, 4.69) is 10.4 Å². The van der Waals surface area contributed by atoms with Crippen LogP contribution in [-0.2, 0) is 10.8 Å². The number of rotatable bonds is 4. The highest BCUT2D eigenvalue weighted by atomic mass is 32.2. The van der Waals surface area contributed by atoms with Crippen LogP contribution in [0.5, 0.6) is 0 Å². The summed E-state index contributed by atoms with van der Waals surface area (Å²) in [5.41, 5.74) is 2.70. The molecular weight excluding hydrogens is 322 g/mol. The predicted octanol–water partition coefficient (Wildman–Crippen LogP) is 3.17. The molecule has 1 amide bonds. The van der Waals surface area contributed by atoms with Crippen molar-refractivity contribution in [1.82, 2.24) is 9.78 Å². The van der Waals surface area contributed by atoms with Gasteiger partial charge in [0.1, 0.15) is 0 Å². The van der Waals surface area contributed by atoms with E-state index in [-0.39, 0.29) is 5.91 Å². The minimum Gasteiger partial charge on any atom is -0.321 e. The van der Waals surface area contributed by atoms with Gasteiger partial charge in [0, 0.05) is 33.3 Å². The molecule has 0 aliphatic carbocycles. The normalized spacial score (nSPS) is 11.9. The number of nitrogens with zero attached hydrogens (tertiary/aromatic N) is 2. The lowest BCUT2D eigenvalue weighted by Crippen LogP contribution is -2.13. The first-order valence-corrected chi connectivity index (χ1v) is 8.97. The number of carbonyl (C=O) groups is 1. The third-order valence-electron chi connectivity index (χ3n) is 3.54. The van der Waals surface area contributed by atoms with Gasteiger partial charge in [-0.2, -0.15) is 5.10 Å². The van der Waals surface area contributed by atoms with Crippen LogP contribution in [0.25, 0.3) is 5.69 Å². The van der Waals surface area contributed by atoms with Gasteiger partial charge >= 0.3 is 0 Å². The van der Waals surface area contributed by atoms with Crippen LogP contribution >= 0.6 is 0 Å². The fourth-order valence-electron chi connectivity index (χ4n) is 2.36. The smallest absolute Gasteiger partial charge is 0.276 e. The molecule has 0 aliphatic rings. The van der Waals surface area contributed by atoms with E-state index in [1.807, 2.05) is 37.3 Å². The summed E-state index contributed by atoms with van der Waals surface area (Å²) in [4.78, 5) is 13.1. The van der Waals surface area contributed by atoms with E-state index >= 15 is 0 Å². The van der Waals surface area contributed by atoms with Crippen LogP contribution in [0.1, 0.15) is 16.2 Å². The van der Waals surface area contributed by atoms with Crippen molar-refractivity contribution in [2.75, 3.05) is 11.6 Å². The molecule has 0 spiro atoms. The van der Waals surface area contributed by atoms with Crippen molar-refractivity contribution in [1.29, 1.82) is 0 Å². The summed E-state index contributed by atoms with van der Waals surface area (Å²) in [5, 5.41) is 7.17. The van der Waals surface area contributed by atoms with Crippen molar-refractivity contribution in [2.45, 2.75) is 11.8 Å². The largest absolute Gasteiger partial charge is 0.321 e. The number of hydrogen-bond donors (Lipinski definition) is 1. The zero-order chi connectivity index (χ0) is 17.1. The van der Waals surface area contributed by atoms with Gasteiger partial charge in [-0.3, -0.25) is 9.00 Å². The maximum absolute atomic E-state index is 12.4. The molecule has 0 fully saturated rings. The van der Waals surface area contributed by atoms with Gasteiger partial charge in [-0.25, -0.2) is 4.68 Å². The van der Waals surface area contributed by atoms with Crippen LogP contribution in [0, 0.1) is 6.92 Å². The van der Waals surface area contributed by atoms with Crippen LogP contribution in [0.4, 0.5) is 5.69 Å². The molecule has 3 aromatic rings. The number of carbonyl (C=O) groups excluding carboxylic acids is 1. The van der Waals surface area contributed by atoms with Crippen molar-refractivity contribution in [3.8, 4) is 5.69 Å². The number of hydrogen-bond acceptors (Lipinski definition) is 3. The first-order chi connectivity index (χ1) is 11.5. The van der Waals surface area contributed by atoms with Crippen LogP contribution in [0.3, 0.4) is 0 Å². The molecule has 0 unspecified atom stereocenters. The zero-order valence-corrected chi connectivity index (χ0v) is 14.2. The Kier molecular flexibility index (Phi) is 4.57. The summed E-state index contributed by atoms with van der Waals surface area (Å²) < 4.78 is 13.3.